The van der Waals surface area contributed by atoms with E-state index in [1.54, 1.807) is 19.4 Å². The molecule has 0 bridgehead atoms. The second kappa shape index (κ2) is 5.93. The summed E-state index contributed by atoms with van der Waals surface area (Å²) < 4.78 is 10.9. The fraction of sp³-hybridized carbons (Fsp3) is 0.133. The summed E-state index contributed by atoms with van der Waals surface area (Å²) in [5.74, 6) is 1.38. The summed E-state index contributed by atoms with van der Waals surface area (Å²) in [7, 11) is 1.55. The first-order valence-electron chi connectivity index (χ1n) is 6.32. The molecule has 1 aromatic carbocycles. The minimum atomic E-state index is 0.393. The van der Waals surface area contributed by atoms with Crippen LogP contribution in [0, 0.1) is 0 Å². The number of nitrogens with zero attached hydrogens (tertiary/aromatic N) is 3. The lowest BCUT2D eigenvalue weighted by Gasteiger charge is -2.01. The number of halogens is 1. The number of pyridine rings is 1. The molecular weight excluding hydrogens is 290 g/mol. The van der Waals surface area contributed by atoms with Gasteiger partial charge in [0, 0.05) is 11.2 Å². The highest BCUT2D eigenvalue weighted by Gasteiger charge is 2.14. The molecule has 0 fully saturated rings. The molecule has 0 amide bonds. The van der Waals surface area contributed by atoms with Crippen molar-refractivity contribution in [3.63, 3.8) is 0 Å². The lowest BCUT2D eigenvalue weighted by molar-refractivity contribution is 0.397. The number of hydrogen-bond donors (Lipinski definition) is 0. The van der Waals surface area contributed by atoms with Gasteiger partial charge in [0.2, 0.25) is 11.8 Å². The van der Waals surface area contributed by atoms with Gasteiger partial charge in [0.15, 0.2) is 0 Å². The molecule has 0 atom stereocenters. The maximum atomic E-state index is 5.86. The molecule has 3 aromatic rings. The van der Waals surface area contributed by atoms with Crippen LogP contribution in [0.2, 0.25) is 5.02 Å². The maximum Gasteiger partial charge on any atom is 0.253 e. The van der Waals surface area contributed by atoms with Crippen LogP contribution in [0.4, 0.5) is 0 Å². The molecule has 6 heteroatoms. The van der Waals surface area contributed by atoms with Crippen molar-refractivity contribution in [2.45, 2.75) is 6.42 Å². The Hall–Kier alpha value is -2.40. The first kappa shape index (κ1) is 13.6. The number of methoxy groups -OCH3 is 1. The van der Waals surface area contributed by atoms with Crippen LogP contribution >= 0.6 is 11.6 Å². The average Bonchev–Trinajstić information content (AvgIpc) is 2.98. The van der Waals surface area contributed by atoms with Crippen LogP contribution in [0.1, 0.15) is 11.5 Å². The zero-order valence-electron chi connectivity index (χ0n) is 11.3. The molecule has 0 unspecified atom stereocenters. The summed E-state index contributed by atoms with van der Waals surface area (Å²) in [6.45, 7) is 0. The Balaban J connectivity index is 1.84. The van der Waals surface area contributed by atoms with Crippen molar-refractivity contribution in [1.29, 1.82) is 0 Å². The van der Waals surface area contributed by atoms with Gasteiger partial charge in [0.05, 0.1) is 13.5 Å². The molecule has 2 heterocycles. The van der Waals surface area contributed by atoms with Crippen molar-refractivity contribution >= 4 is 11.6 Å². The van der Waals surface area contributed by atoms with E-state index in [0.29, 0.717) is 34.7 Å². The molecule has 0 radical (unpaired) electrons. The van der Waals surface area contributed by atoms with Gasteiger partial charge in [-0.2, -0.15) is 0 Å². The summed E-state index contributed by atoms with van der Waals surface area (Å²) in [5, 5.41) is 8.80. The van der Waals surface area contributed by atoms with E-state index in [1.165, 1.54) is 0 Å². The second-order valence-electron chi connectivity index (χ2n) is 4.36. The Morgan fingerprint density at radius 2 is 1.95 bits per heavy atom. The summed E-state index contributed by atoms with van der Waals surface area (Å²) in [6, 6.07) is 11.1. The van der Waals surface area contributed by atoms with Crippen LogP contribution in [-0.4, -0.2) is 22.3 Å². The molecular formula is C15H12ClN3O2. The fourth-order valence-electron chi connectivity index (χ4n) is 1.93. The van der Waals surface area contributed by atoms with Crippen LogP contribution in [-0.2, 0) is 6.42 Å². The first-order valence-corrected chi connectivity index (χ1v) is 6.70. The second-order valence-corrected chi connectivity index (χ2v) is 4.80. The highest BCUT2D eigenvalue weighted by molar-refractivity contribution is 6.30. The molecule has 0 saturated heterocycles. The number of hydrogen-bond acceptors (Lipinski definition) is 5. The number of aromatic nitrogens is 3. The van der Waals surface area contributed by atoms with Crippen LogP contribution in [0.3, 0.4) is 0 Å². The van der Waals surface area contributed by atoms with Crippen molar-refractivity contribution in [2.75, 3.05) is 7.11 Å². The highest BCUT2D eigenvalue weighted by Crippen LogP contribution is 2.26. The molecule has 0 aliphatic heterocycles. The van der Waals surface area contributed by atoms with E-state index in [1.807, 2.05) is 30.3 Å². The van der Waals surface area contributed by atoms with E-state index in [4.69, 9.17) is 20.8 Å². The van der Waals surface area contributed by atoms with Gasteiger partial charge in [0.25, 0.3) is 5.89 Å². The minimum absolute atomic E-state index is 0.393. The summed E-state index contributed by atoms with van der Waals surface area (Å²) in [4.78, 5) is 4.11. The SMILES string of the molecule is COc1ncccc1-c1nnc(Cc2ccc(Cl)cc2)o1. The van der Waals surface area contributed by atoms with Crippen LogP contribution in [0.5, 0.6) is 5.88 Å². The van der Waals surface area contributed by atoms with Gasteiger partial charge in [-0.15, -0.1) is 10.2 Å². The standard InChI is InChI=1S/C15H12ClN3O2/c1-20-14-12(3-2-8-17-14)15-19-18-13(21-15)9-10-4-6-11(16)7-5-10/h2-8H,9H2,1H3. The van der Waals surface area contributed by atoms with Gasteiger partial charge >= 0.3 is 0 Å². The topological polar surface area (TPSA) is 61.0 Å². The fourth-order valence-corrected chi connectivity index (χ4v) is 2.05. The predicted octanol–water partition coefficient (Wildman–Crippen LogP) is 3.38. The number of rotatable bonds is 4. The van der Waals surface area contributed by atoms with Gasteiger partial charge in [-0.05, 0) is 29.8 Å². The monoisotopic (exact) mass is 301 g/mol. The van der Waals surface area contributed by atoms with E-state index < -0.39 is 0 Å². The Morgan fingerprint density at radius 3 is 2.71 bits per heavy atom. The van der Waals surface area contributed by atoms with Crippen LogP contribution < -0.4 is 4.74 Å². The van der Waals surface area contributed by atoms with Gasteiger partial charge in [-0.1, -0.05) is 23.7 Å². The quantitative estimate of drug-likeness (QED) is 0.739. The normalized spacial score (nSPS) is 10.6. The molecule has 0 aliphatic carbocycles. The largest absolute Gasteiger partial charge is 0.480 e. The number of ether oxygens (including phenoxy) is 1. The van der Waals surface area contributed by atoms with Gasteiger partial charge in [-0.25, -0.2) is 4.98 Å². The molecule has 21 heavy (non-hydrogen) atoms. The molecule has 106 valence electrons. The van der Waals surface area contributed by atoms with E-state index in [0.717, 1.165) is 5.56 Å². The average molecular weight is 302 g/mol. The van der Waals surface area contributed by atoms with Gasteiger partial charge in [-0.3, -0.25) is 0 Å². The van der Waals surface area contributed by atoms with Crippen molar-refractivity contribution in [1.82, 2.24) is 15.2 Å². The third-order valence-corrected chi connectivity index (χ3v) is 3.18. The highest BCUT2D eigenvalue weighted by atomic mass is 35.5. The third kappa shape index (κ3) is 3.03. The van der Waals surface area contributed by atoms with E-state index in [9.17, 15) is 0 Å². The zero-order valence-corrected chi connectivity index (χ0v) is 12.0. The van der Waals surface area contributed by atoms with Gasteiger partial charge < -0.3 is 9.15 Å². The lowest BCUT2D eigenvalue weighted by atomic mass is 10.1. The Bertz CT molecular complexity index is 741. The molecule has 5 nitrogen and oxygen atoms in total. The van der Waals surface area contributed by atoms with E-state index in [2.05, 4.69) is 15.2 Å². The van der Waals surface area contributed by atoms with Crippen molar-refractivity contribution in [3.8, 4) is 17.3 Å². The maximum absolute atomic E-state index is 5.86. The summed E-state index contributed by atoms with van der Waals surface area (Å²) >= 11 is 5.86. The zero-order chi connectivity index (χ0) is 14.7. The lowest BCUT2D eigenvalue weighted by Crippen LogP contribution is -1.90. The Kier molecular flexibility index (Phi) is 3.83. The Labute approximate surface area is 126 Å². The van der Waals surface area contributed by atoms with Crippen LogP contribution in [0.15, 0.2) is 47.0 Å². The molecule has 0 saturated carbocycles. The number of benzene rings is 1. The van der Waals surface area contributed by atoms with Gasteiger partial charge in [0.1, 0.15) is 5.56 Å². The smallest absolute Gasteiger partial charge is 0.253 e. The predicted molar refractivity (Wildman–Crippen MR) is 78.3 cm³/mol. The van der Waals surface area contributed by atoms with Crippen molar-refractivity contribution < 1.29 is 9.15 Å². The summed E-state index contributed by atoms with van der Waals surface area (Å²) in [5.41, 5.74) is 1.72. The molecule has 0 aliphatic rings. The molecule has 0 spiro atoms. The van der Waals surface area contributed by atoms with E-state index in [-0.39, 0.29) is 0 Å². The molecule has 3 rings (SSSR count). The Morgan fingerprint density at radius 1 is 1.14 bits per heavy atom. The van der Waals surface area contributed by atoms with Crippen molar-refractivity contribution in [2.24, 2.45) is 0 Å². The van der Waals surface area contributed by atoms with Crippen molar-refractivity contribution in [3.05, 3.63) is 59.1 Å². The molecule has 2 aromatic heterocycles. The van der Waals surface area contributed by atoms with Crippen LogP contribution in [0.25, 0.3) is 11.5 Å². The first-order chi connectivity index (χ1) is 10.3. The third-order valence-electron chi connectivity index (χ3n) is 2.93. The minimum Gasteiger partial charge on any atom is -0.480 e. The summed E-state index contributed by atoms with van der Waals surface area (Å²) in [6.07, 6.45) is 2.19. The van der Waals surface area contributed by atoms with E-state index >= 15 is 0 Å². The molecule has 0 N–H and O–H groups in total.